The number of aryl methyl sites for hydroxylation is 3. The highest BCUT2D eigenvalue weighted by Crippen LogP contribution is 2.24. The SMILES string of the molecule is Cc1c[nH]c(=O)n1-c1ccc(C(=O)OCC(=O)NC(C)c2ccc3c(c2)CCCC3)cc1. The van der Waals surface area contributed by atoms with E-state index in [0.29, 0.717) is 11.3 Å². The average Bonchev–Trinajstić information content (AvgIpc) is 3.15. The highest BCUT2D eigenvalue weighted by atomic mass is 16.5. The summed E-state index contributed by atoms with van der Waals surface area (Å²) in [7, 11) is 0. The van der Waals surface area contributed by atoms with Gasteiger partial charge in [0.25, 0.3) is 5.91 Å². The number of rotatable bonds is 6. The van der Waals surface area contributed by atoms with Crippen molar-refractivity contribution in [1.29, 1.82) is 0 Å². The summed E-state index contributed by atoms with van der Waals surface area (Å²) in [4.78, 5) is 39.1. The second kappa shape index (κ2) is 9.26. The maximum Gasteiger partial charge on any atom is 0.338 e. The highest BCUT2D eigenvalue weighted by Gasteiger charge is 2.16. The van der Waals surface area contributed by atoms with Crippen LogP contribution in [0.1, 0.15) is 58.5 Å². The molecule has 166 valence electrons. The Balaban J connectivity index is 1.32. The van der Waals surface area contributed by atoms with Gasteiger partial charge in [0.05, 0.1) is 17.3 Å². The summed E-state index contributed by atoms with van der Waals surface area (Å²) in [6, 6.07) is 12.7. The lowest BCUT2D eigenvalue weighted by atomic mass is 9.89. The molecule has 7 nitrogen and oxygen atoms in total. The van der Waals surface area contributed by atoms with Gasteiger partial charge in [-0.25, -0.2) is 9.59 Å². The van der Waals surface area contributed by atoms with Crippen LogP contribution >= 0.6 is 0 Å². The molecule has 1 aliphatic rings. The molecule has 0 saturated heterocycles. The Morgan fingerprint density at radius 3 is 2.50 bits per heavy atom. The van der Waals surface area contributed by atoms with Gasteiger partial charge < -0.3 is 15.0 Å². The number of ether oxygens (including phenoxy) is 1. The largest absolute Gasteiger partial charge is 0.452 e. The maximum absolute atomic E-state index is 12.3. The number of hydrogen-bond donors (Lipinski definition) is 2. The molecule has 1 aromatic heterocycles. The summed E-state index contributed by atoms with van der Waals surface area (Å²) in [6.07, 6.45) is 6.26. The summed E-state index contributed by atoms with van der Waals surface area (Å²) >= 11 is 0. The number of fused-ring (bicyclic) bond motifs is 1. The van der Waals surface area contributed by atoms with Gasteiger partial charge in [0.1, 0.15) is 0 Å². The number of hydrogen-bond acceptors (Lipinski definition) is 4. The molecular formula is C25H27N3O4. The minimum Gasteiger partial charge on any atom is -0.452 e. The second-order valence-electron chi connectivity index (χ2n) is 8.22. The van der Waals surface area contributed by atoms with E-state index in [4.69, 9.17) is 4.74 Å². The summed E-state index contributed by atoms with van der Waals surface area (Å²) in [5, 5.41) is 2.89. The molecule has 3 aromatic rings. The number of carbonyl (C=O) groups is 2. The van der Waals surface area contributed by atoms with E-state index >= 15 is 0 Å². The van der Waals surface area contributed by atoms with Crippen molar-refractivity contribution in [2.45, 2.75) is 45.6 Å². The number of benzene rings is 2. The number of amides is 1. The third-order valence-corrected chi connectivity index (χ3v) is 5.91. The van der Waals surface area contributed by atoms with Gasteiger partial charge in [-0.15, -0.1) is 0 Å². The van der Waals surface area contributed by atoms with E-state index in [9.17, 15) is 14.4 Å². The number of esters is 1. The fourth-order valence-electron chi connectivity index (χ4n) is 4.13. The monoisotopic (exact) mass is 433 g/mol. The molecule has 1 unspecified atom stereocenters. The van der Waals surface area contributed by atoms with Crippen LogP contribution in [-0.4, -0.2) is 28.0 Å². The third-order valence-electron chi connectivity index (χ3n) is 5.91. The van der Waals surface area contributed by atoms with Gasteiger partial charge in [-0.2, -0.15) is 0 Å². The van der Waals surface area contributed by atoms with Crippen LogP contribution in [0.3, 0.4) is 0 Å². The first kappa shape index (κ1) is 21.6. The molecule has 0 saturated carbocycles. The van der Waals surface area contributed by atoms with Crippen LogP contribution in [0, 0.1) is 6.92 Å². The standard InChI is InChI=1S/C25H27N3O4/c1-16-14-26-25(31)28(16)22-11-9-19(10-12-22)24(30)32-15-23(29)27-17(2)20-8-7-18-5-3-4-6-21(18)13-20/h7-14,17H,3-6,15H2,1-2H3,(H,26,31)(H,27,29). The smallest absolute Gasteiger partial charge is 0.338 e. The molecule has 32 heavy (non-hydrogen) atoms. The van der Waals surface area contributed by atoms with E-state index in [1.807, 2.05) is 13.8 Å². The molecule has 1 heterocycles. The van der Waals surface area contributed by atoms with Gasteiger partial charge in [0.15, 0.2) is 6.61 Å². The number of imidazole rings is 1. The number of aromatic nitrogens is 2. The van der Waals surface area contributed by atoms with E-state index in [1.54, 1.807) is 30.5 Å². The summed E-state index contributed by atoms with van der Waals surface area (Å²) < 4.78 is 6.67. The molecule has 1 atom stereocenters. The van der Waals surface area contributed by atoms with Crippen LogP contribution in [0.2, 0.25) is 0 Å². The number of H-pyrrole nitrogens is 1. The third kappa shape index (κ3) is 4.66. The summed E-state index contributed by atoms with van der Waals surface area (Å²) in [6.45, 7) is 3.38. The molecule has 0 radical (unpaired) electrons. The number of carbonyl (C=O) groups excluding carboxylic acids is 2. The quantitative estimate of drug-likeness (QED) is 0.583. The zero-order valence-electron chi connectivity index (χ0n) is 18.3. The van der Waals surface area contributed by atoms with Crippen molar-refractivity contribution in [3.63, 3.8) is 0 Å². The predicted octanol–water partition coefficient (Wildman–Crippen LogP) is 3.39. The molecule has 1 aliphatic carbocycles. The lowest BCUT2D eigenvalue weighted by Crippen LogP contribution is -2.31. The lowest BCUT2D eigenvalue weighted by molar-refractivity contribution is -0.124. The van der Waals surface area contributed by atoms with Crippen LogP contribution in [0.4, 0.5) is 0 Å². The minimum atomic E-state index is -0.591. The van der Waals surface area contributed by atoms with Crippen LogP contribution in [-0.2, 0) is 22.4 Å². The molecule has 0 fully saturated rings. The first-order valence-corrected chi connectivity index (χ1v) is 10.9. The Morgan fingerprint density at radius 2 is 1.81 bits per heavy atom. The molecule has 2 aromatic carbocycles. The topological polar surface area (TPSA) is 93.2 Å². The Bertz CT molecular complexity index is 1190. The van der Waals surface area contributed by atoms with Gasteiger partial charge in [0, 0.05) is 11.9 Å². The average molecular weight is 434 g/mol. The fourth-order valence-corrected chi connectivity index (χ4v) is 4.13. The van der Waals surface area contributed by atoms with Crippen LogP contribution < -0.4 is 11.0 Å². The van der Waals surface area contributed by atoms with Crippen molar-refractivity contribution in [3.05, 3.63) is 87.1 Å². The normalized spacial score (nSPS) is 13.8. The molecular weight excluding hydrogens is 406 g/mol. The summed E-state index contributed by atoms with van der Waals surface area (Å²) in [5.41, 5.74) is 5.28. The predicted molar refractivity (Wildman–Crippen MR) is 121 cm³/mol. The lowest BCUT2D eigenvalue weighted by Gasteiger charge is -2.20. The van der Waals surface area contributed by atoms with Gasteiger partial charge in [-0.05, 0) is 80.5 Å². The van der Waals surface area contributed by atoms with E-state index in [2.05, 4.69) is 28.5 Å². The van der Waals surface area contributed by atoms with Crippen molar-refractivity contribution in [2.75, 3.05) is 6.61 Å². The van der Waals surface area contributed by atoms with Crippen molar-refractivity contribution < 1.29 is 14.3 Å². The zero-order chi connectivity index (χ0) is 22.7. The van der Waals surface area contributed by atoms with Crippen molar-refractivity contribution in [1.82, 2.24) is 14.9 Å². The van der Waals surface area contributed by atoms with E-state index < -0.39 is 5.97 Å². The second-order valence-corrected chi connectivity index (χ2v) is 8.22. The Labute approximate surface area is 186 Å². The Morgan fingerprint density at radius 1 is 1.09 bits per heavy atom. The van der Waals surface area contributed by atoms with Crippen molar-refractivity contribution >= 4 is 11.9 Å². The molecule has 4 rings (SSSR count). The maximum atomic E-state index is 12.3. The molecule has 0 spiro atoms. The molecule has 1 amide bonds. The molecule has 0 bridgehead atoms. The molecule has 7 heteroatoms. The molecule has 0 aliphatic heterocycles. The number of nitrogens with zero attached hydrogens (tertiary/aromatic N) is 1. The van der Waals surface area contributed by atoms with Gasteiger partial charge in [-0.1, -0.05) is 18.2 Å². The zero-order valence-corrected chi connectivity index (χ0v) is 18.3. The minimum absolute atomic E-state index is 0.171. The summed E-state index contributed by atoms with van der Waals surface area (Å²) in [5.74, 6) is -0.944. The Kier molecular flexibility index (Phi) is 6.25. The highest BCUT2D eigenvalue weighted by molar-refractivity contribution is 5.91. The van der Waals surface area contributed by atoms with Gasteiger partial charge in [-0.3, -0.25) is 9.36 Å². The first-order chi connectivity index (χ1) is 15.4. The number of nitrogens with one attached hydrogen (secondary N) is 2. The van der Waals surface area contributed by atoms with Crippen molar-refractivity contribution in [3.8, 4) is 5.69 Å². The molecule has 2 N–H and O–H groups in total. The Hall–Kier alpha value is -3.61. The number of aromatic amines is 1. The van der Waals surface area contributed by atoms with E-state index in [1.165, 1.54) is 28.5 Å². The first-order valence-electron chi connectivity index (χ1n) is 10.9. The van der Waals surface area contributed by atoms with Crippen molar-refractivity contribution in [2.24, 2.45) is 0 Å². The van der Waals surface area contributed by atoms with Gasteiger partial charge >= 0.3 is 11.7 Å². The van der Waals surface area contributed by atoms with E-state index in [0.717, 1.165) is 24.1 Å². The van der Waals surface area contributed by atoms with Crippen LogP contribution in [0.25, 0.3) is 5.69 Å². The van der Waals surface area contributed by atoms with Crippen LogP contribution in [0.5, 0.6) is 0 Å². The van der Waals surface area contributed by atoms with Crippen LogP contribution in [0.15, 0.2) is 53.5 Å². The van der Waals surface area contributed by atoms with E-state index in [-0.39, 0.29) is 24.2 Å². The fraction of sp³-hybridized carbons (Fsp3) is 0.320. The van der Waals surface area contributed by atoms with Gasteiger partial charge in [0.2, 0.25) is 0 Å².